The third-order valence-electron chi connectivity index (χ3n) is 1.21. The number of allylic oxidation sites excluding steroid dienone is 2. The van der Waals surface area contributed by atoms with Gasteiger partial charge in [0, 0.05) is 8.07 Å². The summed E-state index contributed by atoms with van der Waals surface area (Å²) in [6.07, 6.45) is 2.92. The first-order valence-corrected chi connectivity index (χ1v) is 7.44. The maximum atomic E-state index is 3.99. The molecule has 0 aromatic rings. The van der Waals surface area contributed by atoms with Gasteiger partial charge in [-0.1, -0.05) is 37.9 Å². The molecule has 0 amide bonds. The zero-order valence-electron chi connectivity index (χ0n) is 7.41. The summed E-state index contributed by atoms with van der Waals surface area (Å²) in [5.41, 5.74) is 1.34. The summed E-state index contributed by atoms with van der Waals surface area (Å²) in [5, 5.41) is 0. The molecule has 0 radical (unpaired) electrons. The highest BCUT2D eigenvalue weighted by Gasteiger charge is 2.13. The van der Waals surface area contributed by atoms with Gasteiger partial charge in [-0.3, -0.25) is 0 Å². The van der Waals surface area contributed by atoms with Crippen LogP contribution in [0.4, 0.5) is 0 Å². The van der Waals surface area contributed by atoms with E-state index in [2.05, 4.69) is 32.8 Å². The van der Waals surface area contributed by atoms with Gasteiger partial charge < -0.3 is 0 Å². The quantitative estimate of drug-likeness (QED) is 0.430. The Kier molecular flexibility index (Phi) is 3.65. The molecule has 0 fully saturated rings. The van der Waals surface area contributed by atoms with Gasteiger partial charge in [-0.25, -0.2) is 0 Å². The maximum Gasteiger partial charge on any atom is 0.0483 e. The van der Waals surface area contributed by atoms with Gasteiger partial charge in [-0.2, -0.15) is 0 Å². The Morgan fingerprint density at radius 1 is 1.40 bits per heavy atom. The van der Waals surface area contributed by atoms with Crippen LogP contribution in [0.3, 0.4) is 0 Å². The Morgan fingerprint density at radius 2 is 1.90 bits per heavy atom. The van der Waals surface area contributed by atoms with Crippen molar-refractivity contribution in [2.75, 3.05) is 0 Å². The van der Waals surface area contributed by atoms with E-state index in [1.807, 2.05) is 6.08 Å². The third-order valence-corrected chi connectivity index (χ3v) is 2.77. The van der Waals surface area contributed by atoms with E-state index in [1.54, 1.807) is 0 Å². The van der Waals surface area contributed by atoms with Crippen LogP contribution in [-0.2, 0) is 0 Å². The molecule has 0 spiro atoms. The molecule has 0 unspecified atom stereocenters. The lowest BCUT2D eigenvalue weighted by Gasteiger charge is -2.16. The Balaban J connectivity index is 3.68. The van der Waals surface area contributed by atoms with E-state index in [4.69, 9.17) is 0 Å². The Hall–Kier alpha value is -0.303. The fraction of sp³-hybridized carbons (Fsp3) is 0.556. The molecule has 0 aromatic carbocycles. The minimum atomic E-state index is -0.905. The maximum absolute atomic E-state index is 3.99. The molecule has 0 aliphatic rings. The van der Waals surface area contributed by atoms with Crippen LogP contribution in [0.15, 0.2) is 24.8 Å². The highest BCUT2D eigenvalue weighted by atomic mass is 28.3. The molecule has 0 bridgehead atoms. The highest BCUT2D eigenvalue weighted by Crippen LogP contribution is 2.16. The fourth-order valence-electron chi connectivity index (χ4n) is 1.03. The van der Waals surface area contributed by atoms with Crippen LogP contribution in [0.1, 0.15) is 6.42 Å². The van der Waals surface area contributed by atoms with Crippen molar-refractivity contribution in [3.05, 3.63) is 24.8 Å². The molecule has 0 atom stereocenters. The first-order chi connectivity index (χ1) is 4.45. The van der Waals surface area contributed by atoms with E-state index in [0.29, 0.717) is 0 Å². The van der Waals surface area contributed by atoms with Crippen LogP contribution in [0.2, 0.25) is 25.7 Å². The van der Waals surface area contributed by atoms with Crippen molar-refractivity contribution in [2.24, 2.45) is 0 Å². The summed E-state index contributed by atoms with van der Waals surface area (Å²) in [4.78, 5) is 0. The molecule has 0 saturated heterocycles. The second-order valence-electron chi connectivity index (χ2n) is 3.98. The van der Waals surface area contributed by atoms with Gasteiger partial charge in [0.1, 0.15) is 0 Å². The Bertz CT molecular complexity index is 128. The smallest absolute Gasteiger partial charge is 0.0483 e. The van der Waals surface area contributed by atoms with Crippen molar-refractivity contribution in [1.82, 2.24) is 0 Å². The van der Waals surface area contributed by atoms with Crippen LogP contribution in [-0.4, -0.2) is 8.07 Å². The van der Waals surface area contributed by atoms with E-state index in [9.17, 15) is 0 Å². The van der Waals surface area contributed by atoms with Gasteiger partial charge >= 0.3 is 0 Å². The standard InChI is InChI=1S/C9H18Si/c1-6-7-9(2)8-10(3,4)5/h6H,1-2,7-8H2,3-5H3. The summed E-state index contributed by atoms with van der Waals surface area (Å²) in [6, 6.07) is 1.24. The Morgan fingerprint density at radius 3 is 2.20 bits per heavy atom. The summed E-state index contributed by atoms with van der Waals surface area (Å²) in [5.74, 6) is 0. The molecule has 58 valence electrons. The lowest BCUT2D eigenvalue weighted by molar-refractivity contribution is 1.20. The van der Waals surface area contributed by atoms with Crippen LogP contribution in [0.25, 0.3) is 0 Å². The van der Waals surface area contributed by atoms with E-state index >= 15 is 0 Å². The summed E-state index contributed by atoms with van der Waals surface area (Å²) >= 11 is 0. The van der Waals surface area contributed by atoms with Gasteiger partial charge in [0.05, 0.1) is 0 Å². The summed E-state index contributed by atoms with van der Waals surface area (Å²) < 4.78 is 0. The minimum Gasteiger partial charge on any atom is -0.103 e. The van der Waals surface area contributed by atoms with Crippen molar-refractivity contribution >= 4 is 8.07 Å². The second kappa shape index (κ2) is 3.77. The molecule has 0 N–H and O–H groups in total. The normalized spacial score (nSPS) is 11.1. The molecule has 1 heteroatoms. The van der Waals surface area contributed by atoms with E-state index < -0.39 is 8.07 Å². The third kappa shape index (κ3) is 5.83. The molecular weight excluding hydrogens is 136 g/mol. The van der Waals surface area contributed by atoms with Crippen molar-refractivity contribution in [3.63, 3.8) is 0 Å². The van der Waals surface area contributed by atoms with Gasteiger partial charge in [0.25, 0.3) is 0 Å². The first-order valence-electron chi connectivity index (χ1n) is 3.73. The number of hydrogen-bond acceptors (Lipinski definition) is 0. The van der Waals surface area contributed by atoms with Gasteiger partial charge in [-0.15, -0.1) is 6.58 Å². The van der Waals surface area contributed by atoms with Crippen molar-refractivity contribution in [1.29, 1.82) is 0 Å². The SMILES string of the molecule is C=CCC(=C)C[Si](C)(C)C. The Labute approximate surface area is 65.7 Å². The van der Waals surface area contributed by atoms with E-state index in [0.717, 1.165) is 6.42 Å². The lowest BCUT2D eigenvalue weighted by Crippen LogP contribution is -2.19. The fourth-order valence-corrected chi connectivity index (χ4v) is 2.67. The van der Waals surface area contributed by atoms with Crippen LogP contribution in [0.5, 0.6) is 0 Å². The van der Waals surface area contributed by atoms with Crippen molar-refractivity contribution < 1.29 is 0 Å². The average Bonchev–Trinajstić information content (AvgIpc) is 1.59. The highest BCUT2D eigenvalue weighted by molar-refractivity contribution is 6.76. The number of rotatable bonds is 4. The van der Waals surface area contributed by atoms with Crippen LogP contribution < -0.4 is 0 Å². The summed E-state index contributed by atoms with van der Waals surface area (Å²) in [7, 11) is -0.905. The molecule has 0 aliphatic heterocycles. The number of hydrogen-bond donors (Lipinski definition) is 0. The predicted molar refractivity (Wildman–Crippen MR) is 52.1 cm³/mol. The van der Waals surface area contributed by atoms with Gasteiger partial charge in [0.15, 0.2) is 0 Å². The molecule has 0 aliphatic carbocycles. The second-order valence-corrected chi connectivity index (χ2v) is 9.46. The molecule has 0 heterocycles. The predicted octanol–water partition coefficient (Wildman–Crippen LogP) is 3.46. The van der Waals surface area contributed by atoms with Crippen molar-refractivity contribution in [3.8, 4) is 0 Å². The van der Waals surface area contributed by atoms with Gasteiger partial charge in [-0.05, 0) is 12.5 Å². The zero-order valence-corrected chi connectivity index (χ0v) is 8.41. The molecule has 0 nitrogen and oxygen atoms in total. The lowest BCUT2D eigenvalue weighted by atomic mass is 10.2. The van der Waals surface area contributed by atoms with E-state index in [-0.39, 0.29) is 0 Å². The first kappa shape index (κ1) is 9.70. The van der Waals surface area contributed by atoms with Gasteiger partial charge in [0.2, 0.25) is 0 Å². The average molecular weight is 154 g/mol. The zero-order chi connectivity index (χ0) is 8.20. The minimum absolute atomic E-state index is 0.905. The van der Waals surface area contributed by atoms with Crippen LogP contribution in [0, 0.1) is 0 Å². The summed E-state index contributed by atoms with van der Waals surface area (Å²) in [6.45, 7) is 14.8. The largest absolute Gasteiger partial charge is 0.103 e. The van der Waals surface area contributed by atoms with E-state index in [1.165, 1.54) is 11.6 Å². The van der Waals surface area contributed by atoms with Crippen molar-refractivity contribution in [2.45, 2.75) is 32.1 Å². The molecule has 0 saturated carbocycles. The monoisotopic (exact) mass is 154 g/mol. The molecule has 0 rings (SSSR count). The van der Waals surface area contributed by atoms with Crippen LogP contribution >= 0.6 is 0 Å². The molecule has 0 aromatic heterocycles. The molecular formula is C9H18Si. The molecule has 10 heavy (non-hydrogen) atoms. The topological polar surface area (TPSA) is 0 Å².